The molecule has 0 aliphatic heterocycles. The molecule has 4 heteroatoms. The Bertz CT molecular complexity index is 2590. The fourth-order valence-electron chi connectivity index (χ4n) is 12.8. The predicted molar refractivity (Wildman–Crippen MR) is 271 cm³/mol. The van der Waals surface area contributed by atoms with E-state index in [0.29, 0.717) is 5.92 Å². The summed E-state index contributed by atoms with van der Waals surface area (Å²) < 4.78 is 12.3. The molecule has 0 amide bonds. The Labute approximate surface area is 378 Å². The van der Waals surface area contributed by atoms with Gasteiger partial charge in [0.25, 0.3) is 0 Å². The van der Waals surface area contributed by atoms with Crippen molar-refractivity contribution in [2.45, 2.75) is 145 Å². The molecule has 1 atom stereocenters. The van der Waals surface area contributed by atoms with E-state index in [9.17, 15) is 0 Å². The summed E-state index contributed by atoms with van der Waals surface area (Å²) in [7, 11) is -1.69. The molecule has 0 nitrogen and oxygen atoms in total. The fourth-order valence-corrected chi connectivity index (χ4v) is 35.1. The molecule has 4 aliphatic rings. The van der Waals surface area contributed by atoms with Crippen LogP contribution in [0, 0.1) is 5.92 Å². The second-order valence-electron chi connectivity index (χ2n) is 23.2. The van der Waals surface area contributed by atoms with Crippen LogP contribution < -0.4 is 6.54 Å². The second kappa shape index (κ2) is 14.5. The number of halogens is 2. The van der Waals surface area contributed by atoms with Crippen LogP contribution in [-0.4, -0.2) is 12.3 Å². The van der Waals surface area contributed by atoms with Crippen molar-refractivity contribution < 1.29 is 18.3 Å². The van der Waals surface area contributed by atoms with Crippen molar-refractivity contribution in [3.8, 4) is 11.1 Å². The first-order chi connectivity index (χ1) is 26.6. The number of rotatable bonds is 5. The number of hydrogen-bond acceptors (Lipinski definition) is 0. The first-order valence-electron chi connectivity index (χ1n) is 22.1. The molecular weight excluding hydrogens is 863 g/mol. The Morgan fingerprint density at radius 2 is 1.08 bits per heavy atom. The molecule has 4 aromatic rings. The first kappa shape index (κ1) is 46.9. The molecule has 0 radical (unpaired) electrons. The monoisotopic (exact) mass is 932 g/mol. The van der Waals surface area contributed by atoms with Gasteiger partial charge in [0.1, 0.15) is 0 Å². The van der Waals surface area contributed by atoms with Crippen molar-refractivity contribution in [3.63, 3.8) is 0 Å². The van der Waals surface area contributed by atoms with E-state index in [-0.39, 0.29) is 46.5 Å². The third-order valence-electron chi connectivity index (χ3n) is 15.3. The Balaban J connectivity index is 0.00000302. The van der Waals surface area contributed by atoms with Gasteiger partial charge in [0.15, 0.2) is 0 Å². The van der Waals surface area contributed by atoms with Crippen molar-refractivity contribution in [1.82, 2.24) is 0 Å². The van der Waals surface area contributed by atoms with Crippen LogP contribution in [0.2, 0.25) is 19.6 Å². The molecule has 1 unspecified atom stereocenters. The molecule has 0 saturated carbocycles. The molecule has 60 heavy (non-hydrogen) atoms. The molecule has 0 aromatic heterocycles. The Morgan fingerprint density at radius 3 is 1.52 bits per heavy atom. The van der Waals surface area contributed by atoms with Gasteiger partial charge < -0.3 is 0 Å². The van der Waals surface area contributed by atoms with Crippen molar-refractivity contribution in [1.29, 1.82) is 0 Å². The van der Waals surface area contributed by atoms with Gasteiger partial charge in [-0.1, -0.05) is 0 Å². The van der Waals surface area contributed by atoms with Gasteiger partial charge in [-0.15, -0.1) is 24.8 Å². The zero-order chi connectivity index (χ0) is 42.5. The van der Waals surface area contributed by atoms with E-state index in [4.69, 9.17) is 4.21 Å². The van der Waals surface area contributed by atoms with Crippen LogP contribution in [-0.2, 0) is 46.4 Å². The minimum absolute atomic E-state index is 0. The zero-order valence-electron chi connectivity index (χ0n) is 39.9. The van der Waals surface area contributed by atoms with E-state index in [0.717, 1.165) is 6.42 Å². The number of fused-ring (bicyclic) bond motifs is 5. The summed E-state index contributed by atoms with van der Waals surface area (Å²) in [6, 6.07) is 30.3. The van der Waals surface area contributed by atoms with Gasteiger partial charge in [-0.05, 0) is 0 Å². The topological polar surface area (TPSA) is 0 Å². The Kier molecular flexibility index (Phi) is 11.3. The van der Waals surface area contributed by atoms with Crippen LogP contribution >= 0.6 is 24.8 Å². The normalized spacial score (nSPS) is 19.3. The summed E-state index contributed by atoms with van der Waals surface area (Å²) in [5, 5.41) is 1.62. The second-order valence-corrected chi connectivity index (χ2v) is 40.8. The number of hydrogen-bond donors (Lipinski definition) is 0. The number of allylic oxidation sites excluding steroid dienone is 8. The van der Waals surface area contributed by atoms with Crippen molar-refractivity contribution >= 4 is 54.8 Å². The molecule has 0 bridgehead atoms. The summed E-state index contributed by atoms with van der Waals surface area (Å²) in [6.07, 6.45) is 6.14. The van der Waals surface area contributed by atoms with E-state index < -0.39 is 26.4 Å². The Hall–Kier alpha value is -2.61. The predicted octanol–water partition coefficient (Wildman–Crippen LogP) is 14.9. The van der Waals surface area contributed by atoms with Crippen molar-refractivity contribution in [2.24, 2.45) is 5.92 Å². The molecule has 0 spiro atoms. The SMILES string of the molecule is Cl.Cl.[CH2]=[Zr]([C]1=C(C)C([Si](C)(C)C)=CC1C)([C]1=C(C)c2cc3c(cc2C1(C)C)Cc1cc2c(cc1-3)C(C)=CC2(C)C)([c]1ccc(C(C)(C)C)cc1)[c]1ccc(C(C)(C)C)cc1. The van der Waals surface area contributed by atoms with Crippen molar-refractivity contribution in [3.05, 3.63) is 147 Å². The quantitative estimate of drug-likeness (QED) is 0.154. The Morgan fingerprint density at radius 1 is 0.633 bits per heavy atom. The summed E-state index contributed by atoms with van der Waals surface area (Å²) >= 11 is -5.18. The van der Waals surface area contributed by atoms with Crippen LogP contribution in [0.25, 0.3) is 22.3 Å². The molecular formula is C56H72Cl2SiZr. The van der Waals surface area contributed by atoms with Gasteiger partial charge in [0.05, 0.1) is 0 Å². The average Bonchev–Trinajstić information content (AvgIpc) is 3.77. The first-order valence-corrected chi connectivity index (χ1v) is 32.2. The standard InChI is InChI=1S/C25H25.C10H17Si.2C10H13.CH2.2ClH.Zr/c1-14-12-24(3,4)22-8-16-7-17-9-23-19(15(2)13-25(23,5)6)11-21(17)20(16)10-18(14)22;1-8-6-9(2)10(7-8)11(3,4)5;2*1-10(2,3)9-7-5-4-6-8-9;;;;/h8-12H,7H2,1-6H3;7-8H,1-5H3;2*5-8H,1-3H3;1H2;2*1H;. The van der Waals surface area contributed by atoms with E-state index in [1.165, 1.54) is 78.9 Å². The van der Waals surface area contributed by atoms with Crippen LogP contribution in [0.3, 0.4) is 0 Å². The van der Waals surface area contributed by atoms with Gasteiger partial charge >= 0.3 is 357 Å². The van der Waals surface area contributed by atoms with E-state index in [2.05, 4.69) is 202 Å². The maximum absolute atomic E-state index is 6.08. The molecule has 318 valence electrons. The molecule has 0 heterocycles. The van der Waals surface area contributed by atoms with Gasteiger partial charge in [0.2, 0.25) is 0 Å². The van der Waals surface area contributed by atoms with Gasteiger partial charge in [0, 0.05) is 0 Å². The van der Waals surface area contributed by atoms with Crippen molar-refractivity contribution in [2.75, 3.05) is 0 Å². The molecule has 4 aliphatic carbocycles. The molecule has 8 rings (SSSR count). The average molecular weight is 935 g/mol. The minimum atomic E-state index is -5.18. The summed E-state index contributed by atoms with van der Waals surface area (Å²) in [6.45, 7) is 41.3. The molecule has 4 aromatic carbocycles. The third-order valence-corrected chi connectivity index (χ3v) is 35.5. The van der Waals surface area contributed by atoms with Crippen LogP contribution in [0.1, 0.15) is 141 Å². The van der Waals surface area contributed by atoms with Gasteiger partial charge in [-0.3, -0.25) is 0 Å². The van der Waals surface area contributed by atoms with Crippen LogP contribution in [0.5, 0.6) is 0 Å². The summed E-state index contributed by atoms with van der Waals surface area (Å²) in [5.41, 5.74) is 18.8. The van der Waals surface area contributed by atoms with Crippen LogP contribution in [0.15, 0.2) is 102 Å². The molecule has 0 fully saturated rings. The zero-order valence-corrected chi connectivity index (χ0v) is 45.0. The van der Waals surface area contributed by atoms with E-state index >= 15 is 0 Å². The molecule has 0 N–H and O–H groups in total. The van der Waals surface area contributed by atoms with Gasteiger partial charge in [-0.2, -0.15) is 0 Å². The fraction of sp³-hybridized carbons (Fsp3) is 0.411. The van der Waals surface area contributed by atoms with E-state index in [1.807, 2.05) is 0 Å². The van der Waals surface area contributed by atoms with Gasteiger partial charge in [-0.25, -0.2) is 0 Å². The van der Waals surface area contributed by atoms with E-state index in [1.54, 1.807) is 11.8 Å². The van der Waals surface area contributed by atoms with Crippen LogP contribution in [0.4, 0.5) is 0 Å². The third kappa shape index (κ3) is 6.53. The summed E-state index contributed by atoms with van der Waals surface area (Å²) in [5.74, 6) is 0.300. The maximum atomic E-state index is 6.08. The summed E-state index contributed by atoms with van der Waals surface area (Å²) in [4.78, 5) is 0. The number of benzene rings is 4. The molecule has 0 saturated heterocycles.